The molecule has 0 saturated heterocycles. The Labute approximate surface area is 154 Å². The SMILES string of the molecule is CCCCCCCCCCCC=C(CCC)CCCCCCCC. The number of rotatable bonds is 19. The fraction of sp³-hybridized carbons (Fsp3) is 0.917. The Morgan fingerprint density at radius 1 is 0.458 bits per heavy atom. The molecule has 0 aliphatic rings. The maximum absolute atomic E-state index is 2.59. The molecule has 0 unspecified atom stereocenters. The molecule has 0 fully saturated rings. The minimum atomic E-state index is 1.32. The van der Waals surface area contributed by atoms with Crippen molar-refractivity contribution in [2.24, 2.45) is 0 Å². The van der Waals surface area contributed by atoms with Gasteiger partial charge in [-0.15, -0.1) is 0 Å². The number of unbranched alkanes of at least 4 members (excludes halogenated alkanes) is 14. The second kappa shape index (κ2) is 20.8. The molecular formula is C24H48. The Kier molecular flexibility index (Phi) is 20.6. The third kappa shape index (κ3) is 18.1. The van der Waals surface area contributed by atoms with Crippen molar-refractivity contribution >= 4 is 0 Å². The van der Waals surface area contributed by atoms with Crippen molar-refractivity contribution in [1.29, 1.82) is 0 Å². The summed E-state index contributed by atoms with van der Waals surface area (Å²) in [6.45, 7) is 6.93. The summed E-state index contributed by atoms with van der Waals surface area (Å²) in [4.78, 5) is 0. The summed E-state index contributed by atoms with van der Waals surface area (Å²) < 4.78 is 0. The van der Waals surface area contributed by atoms with Crippen LogP contribution in [0.3, 0.4) is 0 Å². The van der Waals surface area contributed by atoms with Crippen molar-refractivity contribution in [3.05, 3.63) is 11.6 Å². The molecule has 0 heteroatoms. The van der Waals surface area contributed by atoms with Gasteiger partial charge in [-0.3, -0.25) is 0 Å². The van der Waals surface area contributed by atoms with E-state index in [4.69, 9.17) is 0 Å². The normalized spacial score (nSPS) is 12.0. The molecule has 0 rings (SSSR count). The van der Waals surface area contributed by atoms with E-state index in [9.17, 15) is 0 Å². The van der Waals surface area contributed by atoms with Crippen LogP contribution in [0.15, 0.2) is 11.6 Å². The van der Waals surface area contributed by atoms with Crippen molar-refractivity contribution in [3.8, 4) is 0 Å². The smallest absolute Gasteiger partial charge is 0.0320 e. The first-order valence-electron chi connectivity index (χ1n) is 11.5. The second-order valence-corrected chi connectivity index (χ2v) is 7.75. The summed E-state index contributed by atoms with van der Waals surface area (Å²) in [6.07, 6.45) is 29.5. The van der Waals surface area contributed by atoms with E-state index in [1.165, 1.54) is 122 Å². The zero-order chi connectivity index (χ0) is 17.7. The zero-order valence-electron chi connectivity index (χ0n) is 17.5. The first-order chi connectivity index (χ1) is 11.8. The molecule has 0 aromatic rings. The molecule has 0 bridgehead atoms. The van der Waals surface area contributed by atoms with Crippen LogP contribution in [-0.4, -0.2) is 0 Å². The van der Waals surface area contributed by atoms with E-state index in [1.807, 2.05) is 0 Å². The second-order valence-electron chi connectivity index (χ2n) is 7.75. The quantitative estimate of drug-likeness (QED) is 0.163. The molecule has 0 heterocycles. The summed E-state index contributed by atoms with van der Waals surface area (Å²) in [6, 6.07) is 0. The standard InChI is InChI=1S/C24H48/c1-4-7-9-11-13-14-15-16-18-20-23-24(21-6-3)22-19-17-12-10-8-5-2/h23H,4-22H2,1-3H3. The molecule has 0 N–H and O–H groups in total. The van der Waals surface area contributed by atoms with Gasteiger partial charge in [0.2, 0.25) is 0 Å². The van der Waals surface area contributed by atoms with Crippen molar-refractivity contribution in [2.75, 3.05) is 0 Å². The molecule has 0 amide bonds. The van der Waals surface area contributed by atoms with Gasteiger partial charge in [-0.1, -0.05) is 122 Å². The highest BCUT2D eigenvalue weighted by molar-refractivity contribution is 5.01. The molecule has 0 aliphatic carbocycles. The molecule has 0 spiro atoms. The Balaban J connectivity index is 3.54. The predicted octanol–water partition coefficient (Wildman–Crippen LogP) is 9.38. The van der Waals surface area contributed by atoms with Crippen molar-refractivity contribution in [1.82, 2.24) is 0 Å². The fourth-order valence-corrected chi connectivity index (χ4v) is 3.54. The molecule has 0 aromatic heterocycles. The van der Waals surface area contributed by atoms with Gasteiger partial charge in [-0.05, 0) is 32.1 Å². The highest BCUT2D eigenvalue weighted by atomic mass is 14.0. The Morgan fingerprint density at radius 3 is 1.42 bits per heavy atom. The maximum Gasteiger partial charge on any atom is -0.0320 e. The highest BCUT2D eigenvalue weighted by Crippen LogP contribution is 2.18. The van der Waals surface area contributed by atoms with Crippen LogP contribution in [0.4, 0.5) is 0 Å². The Morgan fingerprint density at radius 2 is 0.917 bits per heavy atom. The zero-order valence-corrected chi connectivity index (χ0v) is 17.5. The van der Waals surface area contributed by atoms with Crippen LogP contribution in [0.1, 0.15) is 143 Å². The molecule has 144 valence electrons. The molecule has 24 heavy (non-hydrogen) atoms. The molecule has 0 aromatic carbocycles. The van der Waals surface area contributed by atoms with Gasteiger partial charge in [0.15, 0.2) is 0 Å². The molecule has 0 aliphatic heterocycles. The number of hydrogen-bond acceptors (Lipinski definition) is 0. The van der Waals surface area contributed by atoms with Gasteiger partial charge < -0.3 is 0 Å². The van der Waals surface area contributed by atoms with Crippen molar-refractivity contribution in [2.45, 2.75) is 143 Å². The lowest BCUT2D eigenvalue weighted by Crippen LogP contribution is -1.87. The average molecular weight is 337 g/mol. The molecule has 0 radical (unpaired) electrons. The van der Waals surface area contributed by atoms with E-state index in [0.717, 1.165) is 0 Å². The van der Waals surface area contributed by atoms with E-state index in [-0.39, 0.29) is 0 Å². The lowest BCUT2D eigenvalue weighted by Gasteiger charge is -2.07. The van der Waals surface area contributed by atoms with E-state index in [1.54, 1.807) is 5.57 Å². The largest absolute Gasteiger partial charge is 0.0853 e. The Hall–Kier alpha value is -0.260. The van der Waals surface area contributed by atoms with Crippen molar-refractivity contribution < 1.29 is 0 Å². The molecular weight excluding hydrogens is 288 g/mol. The summed E-state index contributed by atoms with van der Waals surface area (Å²) in [7, 11) is 0. The lowest BCUT2D eigenvalue weighted by molar-refractivity contribution is 0.565. The van der Waals surface area contributed by atoms with Gasteiger partial charge in [-0.25, -0.2) is 0 Å². The molecule has 0 saturated carbocycles. The van der Waals surface area contributed by atoms with Crippen LogP contribution in [-0.2, 0) is 0 Å². The average Bonchev–Trinajstić information content (AvgIpc) is 2.59. The summed E-state index contributed by atoms with van der Waals surface area (Å²) in [5, 5.41) is 0. The van der Waals surface area contributed by atoms with Crippen LogP contribution in [0.5, 0.6) is 0 Å². The van der Waals surface area contributed by atoms with Gasteiger partial charge in [0, 0.05) is 0 Å². The summed E-state index contributed by atoms with van der Waals surface area (Å²) >= 11 is 0. The number of hydrogen-bond donors (Lipinski definition) is 0. The van der Waals surface area contributed by atoms with Gasteiger partial charge in [0.1, 0.15) is 0 Å². The molecule has 0 atom stereocenters. The van der Waals surface area contributed by atoms with E-state index in [2.05, 4.69) is 26.8 Å². The lowest BCUT2D eigenvalue weighted by atomic mass is 9.99. The first-order valence-corrected chi connectivity index (χ1v) is 11.5. The third-order valence-electron chi connectivity index (χ3n) is 5.16. The Bertz CT molecular complexity index is 251. The van der Waals surface area contributed by atoms with Crippen LogP contribution in [0.2, 0.25) is 0 Å². The minimum Gasteiger partial charge on any atom is -0.0853 e. The van der Waals surface area contributed by atoms with Gasteiger partial charge in [-0.2, -0.15) is 0 Å². The summed E-state index contributed by atoms with van der Waals surface area (Å²) in [5.74, 6) is 0. The van der Waals surface area contributed by atoms with Gasteiger partial charge in [0.25, 0.3) is 0 Å². The van der Waals surface area contributed by atoms with Crippen LogP contribution in [0, 0.1) is 0 Å². The fourth-order valence-electron chi connectivity index (χ4n) is 3.54. The van der Waals surface area contributed by atoms with Crippen LogP contribution in [0.25, 0.3) is 0 Å². The number of allylic oxidation sites excluding steroid dienone is 2. The topological polar surface area (TPSA) is 0 Å². The first kappa shape index (κ1) is 23.7. The van der Waals surface area contributed by atoms with Crippen molar-refractivity contribution in [3.63, 3.8) is 0 Å². The van der Waals surface area contributed by atoms with E-state index >= 15 is 0 Å². The third-order valence-corrected chi connectivity index (χ3v) is 5.16. The highest BCUT2D eigenvalue weighted by Gasteiger charge is 1.98. The van der Waals surface area contributed by atoms with Crippen LogP contribution >= 0.6 is 0 Å². The van der Waals surface area contributed by atoms with E-state index in [0.29, 0.717) is 0 Å². The monoisotopic (exact) mass is 336 g/mol. The van der Waals surface area contributed by atoms with Gasteiger partial charge in [0.05, 0.1) is 0 Å². The van der Waals surface area contributed by atoms with E-state index < -0.39 is 0 Å². The van der Waals surface area contributed by atoms with Crippen LogP contribution < -0.4 is 0 Å². The minimum absolute atomic E-state index is 1.32. The van der Waals surface area contributed by atoms with Gasteiger partial charge >= 0.3 is 0 Å². The molecule has 0 nitrogen and oxygen atoms in total. The predicted molar refractivity (Wildman–Crippen MR) is 113 cm³/mol. The maximum atomic E-state index is 2.59. The summed E-state index contributed by atoms with van der Waals surface area (Å²) in [5.41, 5.74) is 1.76.